The molecule has 0 fully saturated rings. The molecule has 1 aromatic carbocycles. The van der Waals surface area contributed by atoms with E-state index in [0.717, 1.165) is 36.0 Å². The molecule has 0 radical (unpaired) electrons. The van der Waals surface area contributed by atoms with E-state index in [1.807, 2.05) is 6.92 Å². The van der Waals surface area contributed by atoms with Crippen molar-refractivity contribution in [3.8, 4) is 0 Å². The molecular formula is C19H21F3N2O2S. The highest BCUT2D eigenvalue weighted by Crippen LogP contribution is 2.34. The maximum Gasteiger partial charge on any atom is 0.274 e. The number of methoxy groups -OCH3 is 1. The second-order valence-corrected chi connectivity index (χ2v) is 7.01. The average molecular weight is 398 g/mol. The lowest BCUT2D eigenvalue weighted by Crippen LogP contribution is -2.32. The van der Waals surface area contributed by atoms with Crippen LogP contribution in [0, 0.1) is 5.82 Å². The van der Waals surface area contributed by atoms with Crippen LogP contribution >= 0.6 is 11.8 Å². The Kier molecular flexibility index (Phi) is 7.67. The molecule has 0 spiro atoms. The minimum atomic E-state index is -3.09. The first-order valence-corrected chi connectivity index (χ1v) is 9.34. The fourth-order valence-electron chi connectivity index (χ4n) is 2.21. The van der Waals surface area contributed by atoms with Gasteiger partial charge in [0.1, 0.15) is 10.8 Å². The number of nitrogens with one attached hydrogen (secondary N) is 1. The van der Waals surface area contributed by atoms with Crippen LogP contribution in [-0.2, 0) is 10.7 Å². The molecule has 1 aromatic heterocycles. The molecule has 1 amide bonds. The summed E-state index contributed by atoms with van der Waals surface area (Å²) in [7, 11) is 1.55. The molecule has 27 heavy (non-hydrogen) atoms. The van der Waals surface area contributed by atoms with E-state index in [0.29, 0.717) is 17.1 Å². The number of hydrogen-bond acceptors (Lipinski definition) is 4. The maximum absolute atomic E-state index is 14.2. The number of ether oxygens (including phenoxy) is 1. The fraction of sp³-hybridized carbons (Fsp3) is 0.368. The van der Waals surface area contributed by atoms with Gasteiger partial charge in [0, 0.05) is 37.6 Å². The van der Waals surface area contributed by atoms with Gasteiger partial charge in [0.05, 0.1) is 11.7 Å². The van der Waals surface area contributed by atoms with Gasteiger partial charge in [0.2, 0.25) is 0 Å². The van der Waals surface area contributed by atoms with E-state index in [1.165, 1.54) is 6.20 Å². The molecule has 1 atom stereocenters. The van der Waals surface area contributed by atoms with Crippen LogP contribution in [0.2, 0.25) is 0 Å². The number of benzene rings is 1. The monoisotopic (exact) mass is 398 g/mol. The number of aromatic nitrogens is 1. The number of pyridine rings is 1. The molecule has 8 heteroatoms. The fourth-order valence-corrected chi connectivity index (χ4v) is 3.21. The van der Waals surface area contributed by atoms with Crippen molar-refractivity contribution in [2.24, 2.45) is 0 Å². The zero-order valence-corrected chi connectivity index (χ0v) is 15.9. The molecule has 2 aromatic rings. The molecule has 1 N–H and O–H groups in total. The zero-order valence-electron chi connectivity index (χ0n) is 15.0. The third kappa shape index (κ3) is 6.25. The number of nitrogens with zero attached hydrogens (tertiary/aromatic N) is 1. The molecule has 2 rings (SSSR count). The van der Waals surface area contributed by atoms with Crippen molar-refractivity contribution in [3.05, 3.63) is 59.5 Å². The molecule has 0 aliphatic carbocycles. The third-order valence-electron chi connectivity index (χ3n) is 3.89. The summed E-state index contributed by atoms with van der Waals surface area (Å²) >= 11 is 1.08. The van der Waals surface area contributed by atoms with E-state index < -0.39 is 18.2 Å². The normalized spacial score (nSPS) is 12.6. The molecular weight excluding hydrogens is 377 g/mol. The predicted molar refractivity (Wildman–Crippen MR) is 98.7 cm³/mol. The largest absolute Gasteiger partial charge is 0.380 e. The Morgan fingerprint density at radius 2 is 2.00 bits per heavy atom. The number of alkyl halides is 2. The highest BCUT2D eigenvalue weighted by molar-refractivity contribution is 7.99. The standard InChI is InChI=1S/C19H21F3N2O2S/c1-13(26-2)12-24-17(25)16-4-3-10-23-18(16)27-11-9-19(21,22)14-5-7-15(20)8-6-14/h3-8,10,13H,9,11-12H2,1-2H3,(H,24,25). The van der Waals surface area contributed by atoms with Gasteiger partial charge in [-0.1, -0.05) is 12.1 Å². The van der Waals surface area contributed by atoms with E-state index in [9.17, 15) is 18.0 Å². The molecule has 146 valence electrons. The van der Waals surface area contributed by atoms with Crippen LogP contribution in [-0.4, -0.2) is 36.4 Å². The molecule has 0 saturated carbocycles. The molecule has 0 saturated heterocycles. The quantitative estimate of drug-likeness (QED) is 0.642. The number of amides is 1. The van der Waals surface area contributed by atoms with Crippen molar-refractivity contribution in [2.75, 3.05) is 19.4 Å². The molecule has 4 nitrogen and oxygen atoms in total. The van der Waals surface area contributed by atoms with E-state index in [1.54, 1.807) is 19.2 Å². The Morgan fingerprint density at radius 3 is 2.67 bits per heavy atom. The van der Waals surface area contributed by atoms with Crippen molar-refractivity contribution in [1.82, 2.24) is 10.3 Å². The van der Waals surface area contributed by atoms with Gasteiger partial charge in [-0.25, -0.2) is 18.2 Å². The van der Waals surface area contributed by atoms with Gasteiger partial charge in [-0.2, -0.15) is 0 Å². The van der Waals surface area contributed by atoms with Crippen LogP contribution in [0.5, 0.6) is 0 Å². The maximum atomic E-state index is 14.2. The van der Waals surface area contributed by atoms with Crippen molar-refractivity contribution in [3.63, 3.8) is 0 Å². The van der Waals surface area contributed by atoms with Gasteiger partial charge in [-0.05, 0) is 31.2 Å². The van der Waals surface area contributed by atoms with Crippen LogP contribution < -0.4 is 5.32 Å². The van der Waals surface area contributed by atoms with Gasteiger partial charge in [0.15, 0.2) is 0 Å². The highest BCUT2D eigenvalue weighted by Gasteiger charge is 2.31. The Balaban J connectivity index is 1.97. The minimum Gasteiger partial charge on any atom is -0.380 e. The molecule has 0 aliphatic heterocycles. The van der Waals surface area contributed by atoms with Crippen molar-refractivity contribution >= 4 is 17.7 Å². The van der Waals surface area contributed by atoms with Crippen molar-refractivity contribution in [1.29, 1.82) is 0 Å². The minimum absolute atomic E-state index is 0.0517. The van der Waals surface area contributed by atoms with E-state index in [4.69, 9.17) is 4.74 Å². The van der Waals surface area contributed by atoms with Crippen LogP contribution in [0.15, 0.2) is 47.6 Å². The average Bonchev–Trinajstić information content (AvgIpc) is 2.66. The number of halogens is 3. The van der Waals surface area contributed by atoms with Gasteiger partial charge < -0.3 is 10.1 Å². The highest BCUT2D eigenvalue weighted by atomic mass is 32.2. The summed E-state index contributed by atoms with van der Waals surface area (Å²) in [5.41, 5.74) is 0.0907. The summed E-state index contributed by atoms with van der Waals surface area (Å²) < 4.78 is 46.5. The summed E-state index contributed by atoms with van der Waals surface area (Å²) in [5, 5.41) is 3.11. The number of thioether (sulfide) groups is 1. The number of carbonyl (C=O) groups is 1. The van der Waals surface area contributed by atoms with Crippen LogP contribution in [0.1, 0.15) is 29.3 Å². The predicted octanol–water partition coefficient (Wildman–Crippen LogP) is 4.26. The zero-order chi connectivity index (χ0) is 19.9. The van der Waals surface area contributed by atoms with Crippen molar-refractivity contribution < 1.29 is 22.7 Å². The van der Waals surface area contributed by atoms with Crippen LogP contribution in [0.4, 0.5) is 13.2 Å². The van der Waals surface area contributed by atoms with Crippen LogP contribution in [0.3, 0.4) is 0 Å². The summed E-state index contributed by atoms with van der Waals surface area (Å²) in [6.07, 6.45) is 0.910. The lowest BCUT2D eigenvalue weighted by Gasteiger charge is -2.17. The number of rotatable bonds is 9. The second-order valence-electron chi connectivity index (χ2n) is 5.92. The van der Waals surface area contributed by atoms with Gasteiger partial charge >= 0.3 is 0 Å². The first-order valence-electron chi connectivity index (χ1n) is 8.36. The Hall–Kier alpha value is -2.06. The molecule has 1 heterocycles. The van der Waals surface area contributed by atoms with E-state index >= 15 is 0 Å². The first-order chi connectivity index (χ1) is 12.8. The Morgan fingerprint density at radius 1 is 1.30 bits per heavy atom. The Labute approximate surface area is 160 Å². The summed E-state index contributed by atoms with van der Waals surface area (Å²) in [5.74, 6) is -3.93. The van der Waals surface area contributed by atoms with Crippen molar-refractivity contribution in [2.45, 2.75) is 30.4 Å². The third-order valence-corrected chi connectivity index (χ3v) is 4.90. The van der Waals surface area contributed by atoms with E-state index in [2.05, 4.69) is 10.3 Å². The molecule has 1 unspecified atom stereocenters. The SMILES string of the molecule is COC(C)CNC(=O)c1cccnc1SCCC(F)(F)c1ccc(F)cc1. The number of carbonyl (C=O) groups excluding carboxylic acids is 1. The van der Waals surface area contributed by atoms with Gasteiger partial charge in [-0.3, -0.25) is 4.79 Å². The summed E-state index contributed by atoms with van der Waals surface area (Å²) in [4.78, 5) is 16.4. The van der Waals surface area contributed by atoms with Gasteiger partial charge in [-0.15, -0.1) is 11.8 Å². The molecule has 0 aliphatic rings. The molecule has 0 bridgehead atoms. The van der Waals surface area contributed by atoms with Crippen LogP contribution in [0.25, 0.3) is 0 Å². The Bertz CT molecular complexity index is 757. The van der Waals surface area contributed by atoms with E-state index in [-0.39, 0.29) is 23.3 Å². The smallest absolute Gasteiger partial charge is 0.274 e. The lowest BCUT2D eigenvalue weighted by atomic mass is 10.1. The number of hydrogen-bond donors (Lipinski definition) is 1. The van der Waals surface area contributed by atoms with Gasteiger partial charge in [0.25, 0.3) is 11.8 Å². The summed E-state index contributed by atoms with van der Waals surface area (Å²) in [6, 6.07) is 7.40. The lowest BCUT2D eigenvalue weighted by molar-refractivity contribution is -0.00707. The summed E-state index contributed by atoms with van der Waals surface area (Å²) in [6.45, 7) is 2.15. The topological polar surface area (TPSA) is 51.2 Å². The first kappa shape index (κ1) is 21.2. The second kappa shape index (κ2) is 9.75.